The largest absolute Gasteiger partial charge is 0.391 e. The molecule has 1 N–H and O–H groups in total. The third-order valence-electron chi connectivity index (χ3n) is 3.21. The first-order chi connectivity index (χ1) is 7.33. The van der Waals surface area contributed by atoms with Gasteiger partial charge in [-0.1, -0.05) is 24.3 Å². The number of hydrogen-bond donors (Lipinski definition) is 1. The molecule has 1 aromatic rings. The number of benzene rings is 1. The van der Waals surface area contributed by atoms with Crippen molar-refractivity contribution < 1.29 is 5.11 Å². The number of aliphatic hydroxyl groups excluding tert-OH is 1. The number of hydrogen-bond acceptors (Lipinski definition) is 1. The van der Waals surface area contributed by atoms with E-state index in [2.05, 4.69) is 24.1 Å². The van der Waals surface area contributed by atoms with Crippen molar-refractivity contribution >= 4 is 0 Å². The number of aliphatic hydroxyl groups is 1. The Kier molecular flexibility index (Phi) is 3.08. The molecule has 0 saturated heterocycles. The molecule has 0 saturated carbocycles. The third kappa shape index (κ3) is 2.06. The first kappa shape index (κ1) is 10.3. The van der Waals surface area contributed by atoms with Gasteiger partial charge in [0.05, 0.1) is 6.10 Å². The lowest BCUT2D eigenvalue weighted by molar-refractivity contribution is 0.139. The highest BCUT2D eigenvalue weighted by atomic mass is 16.3. The zero-order valence-electron chi connectivity index (χ0n) is 8.82. The van der Waals surface area contributed by atoms with Crippen LogP contribution in [-0.2, 0) is 6.42 Å². The van der Waals surface area contributed by atoms with Gasteiger partial charge in [-0.25, -0.2) is 0 Å². The van der Waals surface area contributed by atoms with Gasteiger partial charge in [-0.3, -0.25) is 0 Å². The number of terminal acetylenes is 1. The topological polar surface area (TPSA) is 20.2 Å². The van der Waals surface area contributed by atoms with Gasteiger partial charge in [0.1, 0.15) is 0 Å². The Morgan fingerprint density at radius 1 is 1.47 bits per heavy atom. The Morgan fingerprint density at radius 3 is 3.07 bits per heavy atom. The Labute approximate surface area is 91.1 Å². The van der Waals surface area contributed by atoms with Crippen molar-refractivity contribution in [3.63, 3.8) is 0 Å². The highest BCUT2D eigenvalue weighted by Crippen LogP contribution is 2.34. The molecule has 78 valence electrons. The van der Waals surface area contributed by atoms with Crippen molar-refractivity contribution in [1.82, 2.24) is 0 Å². The zero-order chi connectivity index (χ0) is 10.7. The fourth-order valence-corrected chi connectivity index (χ4v) is 2.45. The predicted octanol–water partition coefficient (Wildman–Crippen LogP) is 2.49. The lowest BCUT2D eigenvalue weighted by Crippen LogP contribution is -2.22. The molecule has 0 amide bonds. The smallest absolute Gasteiger partial charge is 0.0717 e. The molecule has 2 atom stereocenters. The minimum atomic E-state index is -0.378. The highest BCUT2D eigenvalue weighted by Gasteiger charge is 2.25. The van der Waals surface area contributed by atoms with Gasteiger partial charge in [-0.2, -0.15) is 0 Å². The van der Waals surface area contributed by atoms with Gasteiger partial charge in [0.2, 0.25) is 0 Å². The number of fused-ring (bicyclic) bond motifs is 1. The van der Waals surface area contributed by atoms with Crippen molar-refractivity contribution in [2.75, 3.05) is 0 Å². The molecule has 1 nitrogen and oxygen atoms in total. The molecule has 0 fully saturated rings. The lowest BCUT2D eigenvalue weighted by atomic mass is 9.79. The maximum absolute atomic E-state index is 9.98. The van der Waals surface area contributed by atoms with Gasteiger partial charge in [-0.05, 0) is 30.4 Å². The molecule has 0 aliphatic heterocycles. The normalized spacial score (nSPS) is 21.5. The molecule has 15 heavy (non-hydrogen) atoms. The maximum atomic E-state index is 9.98. The second-order valence-electron chi connectivity index (χ2n) is 4.17. The molecule has 1 aliphatic rings. The fraction of sp³-hybridized carbons (Fsp3) is 0.429. The minimum Gasteiger partial charge on any atom is -0.391 e. The van der Waals surface area contributed by atoms with Crippen LogP contribution >= 0.6 is 0 Å². The van der Waals surface area contributed by atoms with Crippen LogP contribution in [0.4, 0.5) is 0 Å². The van der Waals surface area contributed by atoms with E-state index in [4.69, 9.17) is 6.42 Å². The molecule has 0 radical (unpaired) electrons. The molecular formula is C14H16O. The predicted molar refractivity (Wildman–Crippen MR) is 61.6 cm³/mol. The van der Waals surface area contributed by atoms with E-state index in [0.29, 0.717) is 6.42 Å². The van der Waals surface area contributed by atoms with Crippen LogP contribution in [0.2, 0.25) is 0 Å². The summed E-state index contributed by atoms with van der Waals surface area (Å²) in [4.78, 5) is 0. The quantitative estimate of drug-likeness (QED) is 0.727. The van der Waals surface area contributed by atoms with Crippen LogP contribution in [0.1, 0.15) is 36.3 Å². The standard InChI is InChI=1S/C14H16O/c1-2-6-14(15)13-10-5-8-11-7-3-4-9-12(11)13/h1,3-4,7,9,13-15H,5-6,8,10H2. The van der Waals surface area contributed by atoms with E-state index in [1.165, 1.54) is 11.1 Å². The molecule has 0 heterocycles. The summed E-state index contributed by atoms with van der Waals surface area (Å²) in [6.07, 6.45) is 8.67. The Balaban J connectivity index is 2.26. The summed E-state index contributed by atoms with van der Waals surface area (Å²) in [5.74, 6) is 2.79. The van der Waals surface area contributed by atoms with E-state index in [1.54, 1.807) is 0 Å². The second kappa shape index (κ2) is 4.51. The molecule has 1 aromatic carbocycles. The Hall–Kier alpha value is -1.26. The summed E-state index contributed by atoms with van der Waals surface area (Å²) in [5, 5.41) is 9.98. The zero-order valence-corrected chi connectivity index (χ0v) is 8.82. The first-order valence-electron chi connectivity index (χ1n) is 5.52. The van der Waals surface area contributed by atoms with Gasteiger partial charge in [0.25, 0.3) is 0 Å². The molecule has 1 heteroatoms. The highest BCUT2D eigenvalue weighted by molar-refractivity contribution is 5.33. The van der Waals surface area contributed by atoms with Gasteiger partial charge < -0.3 is 5.11 Å². The molecule has 0 bridgehead atoms. The average molecular weight is 200 g/mol. The van der Waals surface area contributed by atoms with Crippen LogP contribution in [0.25, 0.3) is 0 Å². The number of rotatable bonds is 2. The summed E-state index contributed by atoms with van der Waals surface area (Å²) in [5.41, 5.74) is 2.68. The van der Waals surface area contributed by atoms with Gasteiger partial charge in [-0.15, -0.1) is 12.3 Å². The summed E-state index contributed by atoms with van der Waals surface area (Å²) in [6, 6.07) is 8.39. The average Bonchev–Trinajstić information content (AvgIpc) is 2.28. The van der Waals surface area contributed by atoms with E-state index in [1.807, 2.05) is 6.07 Å². The van der Waals surface area contributed by atoms with Gasteiger partial charge in [0, 0.05) is 12.3 Å². The third-order valence-corrected chi connectivity index (χ3v) is 3.21. The fourth-order valence-electron chi connectivity index (χ4n) is 2.45. The summed E-state index contributed by atoms with van der Waals surface area (Å²) < 4.78 is 0. The SMILES string of the molecule is C#CCC(O)C1CCCc2ccccc21. The molecule has 0 aromatic heterocycles. The first-order valence-corrected chi connectivity index (χ1v) is 5.52. The van der Waals surface area contributed by atoms with Crippen LogP contribution in [0, 0.1) is 12.3 Å². The second-order valence-corrected chi connectivity index (χ2v) is 4.17. The van der Waals surface area contributed by atoms with Crippen molar-refractivity contribution in [3.05, 3.63) is 35.4 Å². The maximum Gasteiger partial charge on any atom is 0.0717 e. The van der Waals surface area contributed by atoms with E-state index < -0.39 is 0 Å². The van der Waals surface area contributed by atoms with Crippen LogP contribution in [-0.4, -0.2) is 11.2 Å². The van der Waals surface area contributed by atoms with Crippen LogP contribution in [0.5, 0.6) is 0 Å². The monoisotopic (exact) mass is 200 g/mol. The van der Waals surface area contributed by atoms with Crippen molar-refractivity contribution in [2.24, 2.45) is 0 Å². The summed E-state index contributed by atoms with van der Waals surface area (Å²) >= 11 is 0. The molecule has 2 unspecified atom stereocenters. The molecule has 2 rings (SSSR count). The summed E-state index contributed by atoms with van der Waals surface area (Å²) in [6.45, 7) is 0. The van der Waals surface area contributed by atoms with Crippen molar-refractivity contribution in [1.29, 1.82) is 0 Å². The van der Waals surface area contributed by atoms with Gasteiger partial charge >= 0.3 is 0 Å². The van der Waals surface area contributed by atoms with E-state index >= 15 is 0 Å². The summed E-state index contributed by atoms with van der Waals surface area (Å²) in [7, 11) is 0. The van der Waals surface area contributed by atoms with E-state index in [0.717, 1.165) is 19.3 Å². The lowest BCUT2D eigenvalue weighted by Gasteiger charge is -2.28. The molecular weight excluding hydrogens is 184 g/mol. The molecule has 1 aliphatic carbocycles. The van der Waals surface area contributed by atoms with Crippen molar-refractivity contribution in [2.45, 2.75) is 37.7 Å². The van der Waals surface area contributed by atoms with Crippen molar-refractivity contribution in [3.8, 4) is 12.3 Å². The van der Waals surface area contributed by atoms with Gasteiger partial charge in [0.15, 0.2) is 0 Å². The Morgan fingerprint density at radius 2 is 2.27 bits per heavy atom. The van der Waals surface area contributed by atoms with Crippen LogP contribution in [0.3, 0.4) is 0 Å². The van der Waals surface area contributed by atoms with E-state index in [9.17, 15) is 5.11 Å². The van der Waals surface area contributed by atoms with Crippen LogP contribution < -0.4 is 0 Å². The minimum absolute atomic E-state index is 0.242. The Bertz CT molecular complexity index is 375. The number of aryl methyl sites for hydroxylation is 1. The van der Waals surface area contributed by atoms with Crippen LogP contribution in [0.15, 0.2) is 24.3 Å². The molecule has 0 spiro atoms. The van der Waals surface area contributed by atoms with E-state index in [-0.39, 0.29) is 12.0 Å².